The van der Waals surface area contributed by atoms with E-state index < -0.39 is 5.82 Å². The molecule has 98 valence electrons. The zero-order chi connectivity index (χ0) is 13.1. The summed E-state index contributed by atoms with van der Waals surface area (Å²) in [4.78, 5) is 14.0. The van der Waals surface area contributed by atoms with Gasteiger partial charge in [-0.2, -0.15) is 0 Å². The number of hydrogen-bond donors (Lipinski definition) is 1. The lowest BCUT2D eigenvalue weighted by molar-refractivity contribution is 0.0766. The summed E-state index contributed by atoms with van der Waals surface area (Å²) in [5.41, 5.74) is 0.704. The van der Waals surface area contributed by atoms with Crippen LogP contribution in [0.5, 0.6) is 0 Å². The monoisotopic (exact) mass is 270 g/mol. The second kappa shape index (κ2) is 5.67. The number of nitrogens with one attached hydrogen (secondary N) is 1. The van der Waals surface area contributed by atoms with Crippen molar-refractivity contribution in [3.63, 3.8) is 0 Å². The number of rotatable bonds is 1. The lowest BCUT2D eigenvalue weighted by Crippen LogP contribution is -2.34. The number of carbonyl (C=O) groups excluding carboxylic acids is 1. The van der Waals surface area contributed by atoms with E-state index in [-0.39, 0.29) is 11.5 Å². The highest BCUT2D eigenvalue weighted by Crippen LogP contribution is 2.22. The molecule has 18 heavy (non-hydrogen) atoms. The highest BCUT2D eigenvalue weighted by molar-refractivity contribution is 6.33. The van der Waals surface area contributed by atoms with Crippen LogP contribution in [0.15, 0.2) is 12.1 Å². The molecule has 0 bridgehead atoms. The summed E-state index contributed by atoms with van der Waals surface area (Å²) in [5.74, 6) is -0.585. The fraction of sp³-hybridized carbons (Fsp3) is 0.462. The Labute approximate surface area is 111 Å². The van der Waals surface area contributed by atoms with Crippen LogP contribution in [0.25, 0.3) is 0 Å². The third-order valence-electron chi connectivity index (χ3n) is 3.11. The van der Waals surface area contributed by atoms with Crippen molar-refractivity contribution < 1.29 is 9.18 Å². The van der Waals surface area contributed by atoms with Gasteiger partial charge in [0, 0.05) is 19.6 Å². The highest BCUT2D eigenvalue weighted by atomic mass is 35.5. The lowest BCUT2D eigenvalue weighted by atomic mass is 10.1. The zero-order valence-corrected chi connectivity index (χ0v) is 11.1. The molecular weight excluding hydrogens is 255 g/mol. The number of nitrogens with zero attached hydrogens (tertiary/aromatic N) is 1. The molecule has 1 N–H and O–H groups in total. The fourth-order valence-electron chi connectivity index (χ4n) is 2.03. The van der Waals surface area contributed by atoms with E-state index in [0.29, 0.717) is 23.7 Å². The fourth-order valence-corrected chi connectivity index (χ4v) is 2.33. The van der Waals surface area contributed by atoms with Crippen LogP contribution in [0.2, 0.25) is 5.02 Å². The Morgan fingerprint density at radius 2 is 2.17 bits per heavy atom. The van der Waals surface area contributed by atoms with Gasteiger partial charge < -0.3 is 10.2 Å². The first-order valence-electron chi connectivity index (χ1n) is 6.05. The molecule has 1 aliphatic rings. The molecule has 1 fully saturated rings. The minimum Gasteiger partial charge on any atom is -0.337 e. The number of aryl methyl sites for hydroxylation is 1. The van der Waals surface area contributed by atoms with Gasteiger partial charge in [0.05, 0.1) is 10.6 Å². The molecular formula is C13H16ClFN2O. The molecule has 3 nitrogen and oxygen atoms in total. The second-order valence-electron chi connectivity index (χ2n) is 4.48. The molecule has 1 aromatic rings. The van der Waals surface area contributed by atoms with Gasteiger partial charge in [0.15, 0.2) is 0 Å². The molecule has 0 atom stereocenters. The van der Waals surface area contributed by atoms with Gasteiger partial charge in [-0.3, -0.25) is 4.79 Å². The van der Waals surface area contributed by atoms with Crippen molar-refractivity contribution in [2.24, 2.45) is 0 Å². The predicted octanol–water partition coefficient (Wildman–Crippen LogP) is 2.22. The van der Waals surface area contributed by atoms with E-state index in [1.165, 1.54) is 12.1 Å². The van der Waals surface area contributed by atoms with Gasteiger partial charge >= 0.3 is 0 Å². The maximum absolute atomic E-state index is 13.5. The molecule has 1 heterocycles. The maximum atomic E-state index is 13.5. The Morgan fingerprint density at radius 3 is 2.94 bits per heavy atom. The quantitative estimate of drug-likeness (QED) is 0.849. The molecule has 0 aromatic heterocycles. The van der Waals surface area contributed by atoms with Crippen LogP contribution < -0.4 is 5.32 Å². The highest BCUT2D eigenvalue weighted by Gasteiger charge is 2.20. The Morgan fingerprint density at radius 1 is 1.39 bits per heavy atom. The molecule has 0 aliphatic carbocycles. The van der Waals surface area contributed by atoms with E-state index in [9.17, 15) is 9.18 Å². The van der Waals surface area contributed by atoms with E-state index in [0.717, 1.165) is 19.5 Å². The van der Waals surface area contributed by atoms with Crippen LogP contribution in [0.3, 0.4) is 0 Å². The number of carbonyl (C=O) groups is 1. The third-order valence-corrected chi connectivity index (χ3v) is 3.42. The number of halogens is 2. The van der Waals surface area contributed by atoms with Crippen LogP contribution >= 0.6 is 11.6 Å². The van der Waals surface area contributed by atoms with Crippen molar-refractivity contribution in [3.8, 4) is 0 Å². The van der Waals surface area contributed by atoms with Crippen LogP contribution in [-0.4, -0.2) is 37.0 Å². The summed E-state index contributed by atoms with van der Waals surface area (Å²) in [6.45, 7) is 4.60. The minimum atomic E-state index is -0.393. The average molecular weight is 271 g/mol. The smallest absolute Gasteiger partial charge is 0.255 e. The summed E-state index contributed by atoms with van der Waals surface area (Å²) in [6, 6.07) is 2.73. The van der Waals surface area contributed by atoms with Crippen molar-refractivity contribution in [2.75, 3.05) is 26.2 Å². The zero-order valence-electron chi connectivity index (χ0n) is 10.3. The van der Waals surface area contributed by atoms with Crippen molar-refractivity contribution in [2.45, 2.75) is 13.3 Å². The van der Waals surface area contributed by atoms with E-state index in [2.05, 4.69) is 5.32 Å². The Balaban J connectivity index is 2.24. The van der Waals surface area contributed by atoms with Gasteiger partial charge in [-0.25, -0.2) is 4.39 Å². The molecule has 0 saturated carbocycles. The van der Waals surface area contributed by atoms with Gasteiger partial charge in [-0.15, -0.1) is 0 Å². The predicted molar refractivity (Wildman–Crippen MR) is 69.5 cm³/mol. The van der Waals surface area contributed by atoms with Gasteiger partial charge in [0.1, 0.15) is 5.82 Å². The standard InChI is InChI=1S/C13H16ClFN2O/c1-9-7-11(14)10(8-12(9)15)13(18)17-5-2-3-16-4-6-17/h7-8,16H,2-6H2,1H3. The van der Waals surface area contributed by atoms with E-state index in [4.69, 9.17) is 11.6 Å². The van der Waals surface area contributed by atoms with E-state index in [1.54, 1.807) is 11.8 Å². The third kappa shape index (κ3) is 2.82. The Bertz CT molecular complexity index is 457. The maximum Gasteiger partial charge on any atom is 0.255 e. The van der Waals surface area contributed by atoms with Gasteiger partial charge in [0.25, 0.3) is 5.91 Å². The summed E-state index contributed by atoms with van der Waals surface area (Å²) in [6.07, 6.45) is 0.900. The molecule has 0 spiro atoms. The van der Waals surface area contributed by atoms with Crippen molar-refractivity contribution >= 4 is 17.5 Å². The molecule has 1 saturated heterocycles. The molecule has 5 heteroatoms. The first-order chi connectivity index (χ1) is 8.59. The second-order valence-corrected chi connectivity index (χ2v) is 4.88. The van der Waals surface area contributed by atoms with Gasteiger partial charge in [-0.05, 0) is 37.6 Å². The summed E-state index contributed by atoms with van der Waals surface area (Å²) >= 11 is 6.03. The van der Waals surface area contributed by atoms with Crippen LogP contribution in [-0.2, 0) is 0 Å². The van der Waals surface area contributed by atoms with Crippen molar-refractivity contribution in [3.05, 3.63) is 34.1 Å². The number of benzene rings is 1. The molecule has 0 unspecified atom stereocenters. The Kier molecular flexibility index (Phi) is 4.19. The average Bonchev–Trinajstić information content (AvgIpc) is 2.61. The largest absolute Gasteiger partial charge is 0.337 e. The van der Waals surface area contributed by atoms with Crippen LogP contribution in [0.4, 0.5) is 4.39 Å². The van der Waals surface area contributed by atoms with E-state index >= 15 is 0 Å². The molecule has 1 aromatic carbocycles. The van der Waals surface area contributed by atoms with E-state index in [1.807, 2.05) is 0 Å². The van der Waals surface area contributed by atoms with Crippen LogP contribution in [0.1, 0.15) is 22.3 Å². The number of hydrogen-bond acceptors (Lipinski definition) is 2. The summed E-state index contributed by atoms with van der Waals surface area (Å²) in [5, 5.41) is 3.53. The minimum absolute atomic E-state index is 0.192. The van der Waals surface area contributed by atoms with Gasteiger partial charge in [0.2, 0.25) is 0 Å². The lowest BCUT2D eigenvalue weighted by Gasteiger charge is -2.20. The summed E-state index contributed by atoms with van der Waals surface area (Å²) in [7, 11) is 0. The normalized spacial score (nSPS) is 16.5. The number of amides is 1. The first kappa shape index (κ1) is 13.3. The summed E-state index contributed by atoms with van der Waals surface area (Å²) < 4.78 is 13.5. The van der Waals surface area contributed by atoms with Crippen LogP contribution in [0, 0.1) is 12.7 Å². The molecule has 2 rings (SSSR count). The topological polar surface area (TPSA) is 32.3 Å². The SMILES string of the molecule is Cc1cc(Cl)c(C(=O)N2CCCNCC2)cc1F. The van der Waals surface area contributed by atoms with Crippen molar-refractivity contribution in [1.82, 2.24) is 10.2 Å². The Hall–Kier alpha value is -1.13. The first-order valence-corrected chi connectivity index (χ1v) is 6.43. The molecule has 1 aliphatic heterocycles. The molecule has 0 radical (unpaired) electrons. The van der Waals surface area contributed by atoms with Crippen molar-refractivity contribution in [1.29, 1.82) is 0 Å². The van der Waals surface area contributed by atoms with Gasteiger partial charge in [-0.1, -0.05) is 11.6 Å². The molecule has 1 amide bonds.